The van der Waals surface area contributed by atoms with Crippen molar-refractivity contribution in [1.82, 2.24) is 19.7 Å². The Balaban J connectivity index is 1.67. The van der Waals surface area contributed by atoms with Gasteiger partial charge in [0.1, 0.15) is 5.69 Å². The van der Waals surface area contributed by atoms with Crippen molar-refractivity contribution < 1.29 is 4.79 Å². The fourth-order valence-corrected chi connectivity index (χ4v) is 3.75. The van der Waals surface area contributed by atoms with Gasteiger partial charge in [0, 0.05) is 18.3 Å². The lowest BCUT2D eigenvalue weighted by molar-refractivity contribution is -0.113. The monoisotopic (exact) mass is 427 g/mol. The number of anilines is 1. The number of hydrogen-bond donors (Lipinski definition) is 1. The van der Waals surface area contributed by atoms with Gasteiger partial charge in [0.2, 0.25) is 5.91 Å². The van der Waals surface area contributed by atoms with Gasteiger partial charge in [-0.2, -0.15) is 0 Å². The maximum absolute atomic E-state index is 12.2. The Morgan fingerprint density at radius 1 is 1.19 bits per heavy atom. The molecule has 134 valence electrons. The predicted octanol–water partition coefficient (Wildman–Crippen LogP) is 4.57. The molecule has 6 nitrogen and oxygen atoms in total. The first-order chi connectivity index (χ1) is 12.5. The third kappa shape index (κ3) is 4.29. The molecule has 3 rings (SSSR count). The highest BCUT2D eigenvalue weighted by atomic mass is 35.5. The summed E-state index contributed by atoms with van der Waals surface area (Å²) in [5.74, 6) is 0.463. The maximum atomic E-state index is 12.2. The molecule has 0 radical (unpaired) electrons. The van der Waals surface area contributed by atoms with Crippen LogP contribution in [-0.4, -0.2) is 31.4 Å². The molecule has 0 aliphatic rings. The number of aromatic nitrogens is 4. The van der Waals surface area contributed by atoms with Gasteiger partial charge in [0.05, 0.1) is 21.5 Å². The van der Waals surface area contributed by atoms with Crippen molar-refractivity contribution in [3.63, 3.8) is 0 Å². The van der Waals surface area contributed by atoms with Crippen LogP contribution < -0.4 is 5.32 Å². The third-order valence-electron chi connectivity index (χ3n) is 3.33. The number of carbonyl (C=O) groups excluding carboxylic acids is 1. The highest BCUT2D eigenvalue weighted by molar-refractivity contribution is 7.99. The van der Waals surface area contributed by atoms with Crippen LogP contribution in [0, 0.1) is 0 Å². The number of rotatable bonds is 5. The number of benzene rings is 1. The second kappa shape index (κ2) is 8.26. The minimum atomic E-state index is -0.275. The van der Waals surface area contributed by atoms with Gasteiger partial charge in [-0.25, -0.2) is 0 Å². The molecular formula is C16H12Cl3N5OS. The number of carbonyl (C=O) groups is 1. The molecule has 0 saturated heterocycles. The molecule has 26 heavy (non-hydrogen) atoms. The first-order valence-corrected chi connectivity index (χ1v) is 9.45. The van der Waals surface area contributed by atoms with Crippen LogP contribution in [0.1, 0.15) is 0 Å². The number of hydrogen-bond acceptors (Lipinski definition) is 5. The SMILES string of the molecule is Cn1c(SCC(=O)Nc2c(Cl)cc(Cl)cc2Cl)nnc1-c1ccccn1. The zero-order chi connectivity index (χ0) is 18.7. The zero-order valence-electron chi connectivity index (χ0n) is 13.4. The Labute approximate surface area is 168 Å². The summed E-state index contributed by atoms with van der Waals surface area (Å²) < 4.78 is 1.78. The van der Waals surface area contributed by atoms with Crippen LogP contribution in [0.2, 0.25) is 15.1 Å². The van der Waals surface area contributed by atoms with E-state index in [0.717, 1.165) is 0 Å². The molecule has 3 aromatic rings. The fraction of sp³-hybridized carbons (Fsp3) is 0.125. The molecule has 2 heterocycles. The van der Waals surface area contributed by atoms with E-state index in [-0.39, 0.29) is 21.7 Å². The number of nitrogens with zero attached hydrogens (tertiary/aromatic N) is 4. The molecule has 0 aliphatic heterocycles. The van der Waals surface area contributed by atoms with E-state index in [1.165, 1.54) is 23.9 Å². The molecule has 0 spiro atoms. The van der Waals surface area contributed by atoms with E-state index in [4.69, 9.17) is 34.8 Å². The van der Waals surface area contributed by atoms with Gasteiger partial charge in [0.25, 0.3) is 0 Å². The number of amides is 1. The van der Waals surface area contributed by atoms with E-state index < -0.39 is 0 Å². The normalized spacial score (nSPS) is 10.8. The Kier molecular flexibility index (Phi) is 6.03. The quantitative estimate of drug-likeness (QED) is 0.603. The van der Waals surface area contributed by atoms with E-state index in [1.54, 1.807) is 10.8 Å². The molecule has 0 fully saturated rings. The lowest BCUT2D eigenvalue weighted by Gasteiger charge is -2.09. The molecule has 0 atom stereocenters. The van der Waals surface area contributed by atoms with Crippen LogP contribution in [0.25, 0.3) is 11.5 Å². The van der Waals surface area contributed by atoms with E-state index in [2.05, 4.69) is 20.5 Å². The van der Waals surface area contributed by atoms with Crippen molar-refractivity contribution in [3.8, 4) is 11.5 Å². The number of nitrogens with one attached hydrogen (secondary N) is 1. The van der Waals surface area contributed by atoms with E-state index in [9.17, 15) is 4.79 Å². The summed E-state index contributed by atoms with van der Waals surface area (Å²) in [5.41, 5.74) is 1.04. The average molecular weight is 429 g/mol. The van der Waals surface area contributed by atoms with Crippen LogP contribution in [-0.2, 0) is 11.8 Å². The van der Waals surface area contributed by atoms with Gasteiger partial charge in [0.15, 0.2) is 11.0 Å². The lowest BCUT2D eigenvalue weighted by atomic mass is 10.3. The van der Waals surface area contributed by atoms with Crippen molar-refractivity contribution >= 4 is 58.2 Å². The molecule has 0 bridgehead atoms. The first kappa shape index (κ1) is 19.0. The van der Waals surface area contributed by atoms with Crippen LogP contribution in [0.4, 0.5) is 5.69 Å². The topological polar surface area (TPSA) is 72.7 Å². The summed E-state index contributed by atoms with van der Waals surface area (Å²) in [7, 11) is 1.82. The number of thioether (sulfide) groups is 1. The summed E-state index contributed by atoms with van der Waals surface area (Å²) in [6.07, 6.45) is 1.68. The molecule has 0 aliphatic carbocycles. The summed E-state index contributed by atoms with van der Waals surface area (Å²) >= 11 is 19.2. The van der Waals surface area contributed by atoms with Gasteiger partial charge in [-0.1, -0.05) is 52.6 Å². The molecule has 0 unspecified atom stereocenters. The molecular weight excluding hydrogens is 417 g/mol. The second-order valence-corrected chi connectivity index (χ2v) is 7.35. The van der Waals surface area contributed by atoms with E-state index >= 15 is 0 Å². The number of pyridine rings is 1. The minimum absolute atomic E-state index is 0.115. The van der Waals surface area contributed by atoms with E-state index in [0.29, 0.717) is 27.4 Å². The Morgan fingerprint density at radius 2 is 1.92 bits per heavy atom. The minimum Gasteiger partial charge on any atom is -0.323 e. The van der Waals surface area contributed by atoms with Crippen LogP contribution in [0.3, 0.4) is 0 Å². The summed E-state index contributed by atoms with van der Waals surface area (Å²) in [6.45, 7) is 0. The van der Waals surface area contributed by atoms with Gasteiger partial charge in [-0.05, 0) is 24.3 Å². The number of halogens is 3. The standard InChI is InChI=1S/C16H12Cl3N5OS/c1-24-15(12-4-2-3-5-20-12)22-23-16(24)26-8-13(25)21-14-10(18)6-9(17)7-11(14)19/h2-7H,8H2,1H3,(H,21,25). The van der Waals surface area contributed by atoms with Gasteiger partial charge >= 0.3 is 0 Å². The van der Waals surface area contributed by atoms with Crippen LogP contribution in [0.5, 0.6) is 0 Å². The first-order valence-electron chi connectivity index (χ1n) is 7.33. The van der Waals surface area contributed by atoms with Crippen molar-refractivity contribution in [3.05, 3.63) is 51.6 Å². The highest BCUT2D eigenvalue weighted by Gasteiger charge is 2.15. The molecule has 10 heteroatoms. The zero-order valence-corrected chi connectivity index (χ0v) is 16.5. The van der Waals surface area contributed by atoms with Crippen LogP contribution in [0.15, 0.2) is 41.7 Å². The maximum Gasteiger partial charge on any atom is 0.234 e. The fourth-order valence-electron chi connectivity index (χ4n) is 2.13. The smallest absolute Gasteiger partial charge is 0.234 e. The second-order valence-electron chi connectivity index (χ2n) is 5.16. The largest absolute Gasteiger partial charge is 0.323 e. The molecule has 0 saturated carbocycles. The van der Waals surface area contributed by atoms with E-state index in [1.807, 2.05) is 25.2 Å². The summed E-state index contributed by atoms with van der Waals surface area (Å²) in [6, 6.07) is 8.57. The Morgan fingerprint density at radius 3 is 2.58 bits per heavy atom. The summed E-state index contributed by atoms with van der Waals surface area (Å²) in [4.78, 5) is 16.5. The summed E-state index contributed by atoms with van der Waals surface area (Å²) in [5, 5.41) is 12.5. The van der Waals surface area contributed by atoms with Gasteiger partial charge in [-0.3, -0.25) is 9.78 Å². The molecule has 1 amide bonds. The van der Waals surface area contributed by atoms with Gasteiger partial charge in [-0.15, -0.1) is 10.2 Å². The van der Waals surface area contributed by atoms with Crippen molar-refractivity contribution in [1.29, 1.82) is 0 Å². The van der Waals surface area contributed by atoms with Crippen molar-refractivity contribution in [2.24, 2.45) is 7.05 Å². The van der Waals surface area contributed by atoms with Crippen LogP contribution >= 0.6 is 46.6 Å². The predicted molar refractivity (Wildman–Crippen MR) is 105 cm³/mol. The third-order valence-corrected chi connectivity index (χ3v) is 5.17. The highest BCUT2D eigenvalue weighted by Crippen LogP contribution is 2.33. The van der Waals surface area contributed by atoms with Gasteiger partial charge < -0.3 is 9.88 Å². The average Bonchev–Trinajstić information content (AvgIpc) is 2.98. The van der Waals surface area contributed by atoms with Crippen molar-refractivity contribution in [2.45, 2.75) is 5.16 Å². The molecule has 1 aromatic carbocycles. The van der Waals surface area contributed by atoms with Crippen molar-refractivity contribution in [2.75, 3.05) is 11.1 Å². The Bertz CT molecular complexity index is 925. The Hall–Kier alpha value is -1.80. The molecule has 1 N–H and O–H groups in total. The lowest BCUT2D eigenvalue weighted by Crippen LogP contribution is -2.15. The molecule has 2 aromatic heterocycles.